The van der Waals surface area contributed by atoms with E-state index in [9.17, 15) is 0 Å². The van der Waals surface area contributed by atoms with Crippen molar-refractivity contribution in [3.63, 3.8) is 0 Å². The van der Waals surface area contributed by atoms with E-state index >= 15 is 0 Å². The van der Waals surface area contributed by atoms with Crippen molar-refractivity contribution in [3.05, 3.63) is 23.9 Å². The van der Waals surface area contributed by atoms with Crippen LogP contribution in [0.15, 0.2) is 23.9 Å². The minimum absolute atomic E-state index is 0.137. The van der Waals surface area contributed by atoms with E-state index in [0.717, 1.165) is 5.70 Å². The minimum Gasteiger partial charge on any atom is -0.402 e. The summed E-state index contributed by atoms with van der Waals surface area (Å²) in [5.41, 5.74) is 6.44. The summed E-state index contributed by atoms with van der Waals surface area (Å²) in [7, 11) is 3.74. The molecule has 1 unspecified atom stereocenters. The standard InChI is InChI=1S/C10H17N3/c1-4-5-6-9(12)7-10(8-11)13(2)3/h4-6,10H,7,12H2,1-3H3/b5-4-,9-6-. The molecule has 2 N–H and O–H groups in total. The Hall–Kier alpha value is -1.27. The summed E-state index contributed by atoms with van der Waals surface area (Å²) in [4.78, 5) is 1.86. The van der Waals surface area contributed by atoms with Gasteiger partial charge >= 0.3 is 0 Å². The molecule has 0 amide bonds. The molecule has 0 heterocycles. The molecule has 0 radical (unpaired) electrons. The molecule has 13 heavy (non-hydrogen) atoms. The van der Waals surface area contributed by atoms with Crippen LogP contribution in [0.2, 0.25) is 0 Å². The number of nitrogens with two attached hydrogens (primary N) is 1. The second kappa shape index (κ2) is 6.27. The van der Waals surface area contributed by atoms with Crippen molar-refractivity contribution in [1.29, 1.82) is 5.26 Å². The van der Waals surface area contributed by atoms with Gasteiger partial charge in [0.25, 0.3) is 0 Å². The maximum Gasteiger partial charge on any atom is 0.103 e. The predicted molar refractivity (Wildman–Crippen MR) is 54.8 cm³/mol. The molecule has 0 rings (SSSR count). The van der Waals surface area contributed by atoms with E-state index in [1.54, 1.807) is 0 Å². The zero-order valence-electron chi connectivity index (χ0n) is 8.49. The van der Waals surface area contributed by atoms with Gasteiger partial charge in [0, 0.05) is 12.1 Å². The van der Waals surface area contributed by atoms with E-state index < -0.39 is 0 Å². The second-order valence-electron chi connectivity index (χ2n) is 3.08. The SMILES string of the molecule is C/C=C\C=C(/N)CC(C#N)N(C)C. The quantitative estimate of drug-likeness (QED) is 0.661. The molecule has 0 bridgehead atoms. The van der Waals surface area contributed by atoms with Gasteiger partial charge in [0.2, 0.25) is 0 Å². The number of nitriles is 1. The number of hydrogen-bond acceptors (Lipinski definition) is 3. The average Bonchev–Trinajstić information content (AvgIpc) is 2.10. The molecule has 72 valence electrons. The molecular weight excluding hydrogens is 162 g/mol. The lowest BCUT2D eigenvalue weighted by Gasteiger charge is -2.16. The van der Waals surface area contributed by atoms with Crippen LogP contribution in [-0.2, 0) is 0 Å². The van der Waals surface area contributed by atoms with Gasteiger partial charge in [0.15, 0.2) is 0 Å². The van der Waals surface area contributed by atoms with E-state index in [0.29, 0.717) is 6.42 Å². The Kier molecular flexibility index (Phi) is 5.66. The van der Waals surface area contributed by atoms with Crippen molar-refractivity contribution in [2.75, 3.05) is 14.1 Å². The smallest absolute Gasteiger partial charge is 0.103 e. The average molecular weight is 179 g/mol. The van der Waals surface area contributed by atoms with Crippen molar-refractivity contribution in [1.82, 2.24) is 4.90 Å². The molecule has 1 atom stereocenters. The molecule has 3 nitrogen and oxygen atoms in total. The molecule has 0 aromatic heterocycles. The Balaban J connectivity index is 4.18. The van der Waals surface area contributed by atoms with Gasteiger partial charge in [-0.3, -0.25) is 4.90 Å². The van der Waals surface area contributed by atoms with Gasteiger partial charge in [-0.25, -0.2) is 0 Å². The molecule has 0 aromatic carbocycles. The zero-order chi connectivity index (χ0) is 10.3. The third-order valence-corrected chi connectivity index (χ3v) is 1.70. The summed E-state index contributed by atoms with van der Waals surface area (Å²) in [6.07, 6.45) is 6.20. The van der Waals surface area contributed by atoms with Gasteiger partial charge in [0.1, 0.15) is 6.04 Å². The van der Waals surface area contributed by atoms with Crippen LogP contribution in [0.4, 0.5) is 0 Å². The van der Waals surface area contributed by atoms with E-state index in [-0.39, 0.29) is 6.04 Å². The van der Waals surface area contributed by atoms with Gasteiger partial charge in [-0.1, -0.05) is 12.2 Å². The Morgan fingerprint density at radius 1 is 1.62 bits per heavy atom. The maximum atomic E-state index is 8.78. The Morgan fingerprint density at radius 3 is 2.62 bits per heavy atom. The number of allylic oxidation sites excluding steroid dienone is 3. The summed E-state index contributed by atoms with van der Waals surface area (Å²) < 4.78 is 0. The normalized spacial score (nSPS) is 14.8. The van der Waals surface area contributed by atoms with Crippen molar-refractivity contribution in [3.8, 4) is 6.07 Å². The number of hydrogen-bond donors (Lipinski definition) is 1. The molecule has 0 saturated carbocycles. The summed E-state index contributed by atoms with van der Waals surface area (Å²) in [6, 6.07) is 2.05. The van der Waals surface area contributed by atoms with Crippen LogP contribution in [0, 0.1) is 11.3 Å². The fraction of sp³-hybridized carbons (Fsp3) is 0.500. The third-order valence-electron chi connectivity index (χ3n) is 1.70. The summed E-state index contributed by atoms with van der Waals surface area (Å²) in [6.45, 7) is 1.93. The molecule has 0 aliphatic rings. The summed E-state index contributed by atoms with van der Waals surface area (Å²) in [5.74, 6) is 0. The lowest BCUT2D eigenvalue weighted by Crippen LogP contribution is -2.27. The fourth-order valence-corrected chi connectivity index (χ4v) is 0.855. The first-order chi connectivity index (χ1) is 6.11. The predicted octanol–water partition coefficient (Wildman–Crippen LogP) is 1.25. The van der Waals surface area contributed by atoms with Crippen LogP contribution in [0.1, 0.15) is 13.3 Å². The van der Waals surface area contributed by atoms with Gasteiger partial charge in [-0.15, -0.1) is 0 Å². The van der Waals surface area contributed by atoms with E-state index in [2.05, 4.69) is 6.07 Å². The van der Waals surface area contributed by atoms with E-state index in [4.69, 9.17) is 11.0 Å². The molecule has 0 aliphatic heterocycles. The second-order valence-corrected chi connectivity index (χ2v) is 3.08. The van der Waals surface area contributed by atoms with Crippen LogP contribution in [-0.4, -0.2) is 25.0 Å². The monoisotopic (exact) mass is 179 g/mol. The highest BCUT2D eigenvalue weighted by atomic mass is 15.1. The first kappa shape index (κ1) is 11.7. The molecule has 0 aromatic rings. The van der Waals surface area contributed by atoms with E-state index in [1.807, 2.05) is 44.1 Å². The van der Waals surface area contributed by atoms with E-state index in [1.165, 1.54) is 0 Å². The number of nitrogens with zero attached hydrogens (tertiary/aromatic N) is 2. The van der Waals surface area contributed by atoms with Crippen molar-refractivity contribution in [2.45, 2.75) is 19.4 Å². The molecular formula is C10H17N3. The van der Waals surface area contributed by atoms with Crippen molar-refractivity contribution >= 4 is 0 Å². The van der Waals surface area contributed by atoms with Crippen LogP contribution in [0.3, 0.4) is 0 Å². The minimum atomic E-state index is -0.137. The molecule has 0 spiro atoms. The highest BCUT2D eigenvalue weighted by molar-refractivity contribution is 5.12. The topological polar surface area (TPSA) is 53.1 Å². The van der Waals surface area contributed by atoms with Crippen LogP contribution < -0.4 is 5.73 Å². The third kappa shape index (κ3) is 5.05. The van der Waals surface area contributed by atoms with Crippen molar-refractivity contribution < 1.29 is 0 Å². The largest absolute Gasteiger partial charge is 0.402 e. The van der Waals surface area contributed by atoms with Crippen molar-refractivity contribution in [2.24, 2.45) is 5.73 Å². The molecule has 0 aliphatic carbocycles. The van der Waals surface area contributed by atoms with Gasteiger partial charge in [-0.2, -0.15) is 5.26 Å². The highest BCUT2D eigenvalue weighted by Crippen LogP contribution is 2.03. The van der Waals surface area contributed by atoms with Crippen LogP contribution in [0.5, 0.6) is 0 Å². The summed E-state index contributed by atoms with van der Waals surface area (Å²) >= 11 is 0. The maximum absolute atomic E-state index is 8.78. The van der Waals surface area contributed by atoms with Crippen LogP contribution >= 0.6 is 0 Å². The Morgan fingerprint density at radius 2 is 2.23 bits per heavy atom. The van der Waals surface area contributed by atoms with Crippen LogP contribution in [0.25, 0.3) is 0 Å². The Labute approximate surface area is 80.1 Å². The highest BCUT2D eigenvalue weighted by Gasteiger charge is 2.09. The molecule has 0 fully saturated rings. The zero-order valence-corrected chi connectivity index (χ0v) is 8.49. The lowest BCUT2D eigenvalue weighted by atomic mass is 10.1. The number of rotatable bonds is 4. The van der Waals surface area contributed by atoms with Gasteiger partial charge in [-0.05, 0) is 27.1 Å². The fourth-order valence-electron chi connectivity index (χ4n) is 0.855. The van der Waals surface area contributed by atoms with Gasteiger partial charge < -0.3 is 5.73 Å². The Bertz CT molecular complexity index is 233. The van der Waals surface area contributed by atoms with Gasteiger partial charge in [0.05, 0.1) is 6.07 Å². The lowest BCUT2D eigenvalue weighted by molar-refractivity contribution is 0.347. The first-order valence-electron chi connectivity index (χ1n) is 4.25. The molecule has 3 heteroatoms. The summed E-state index contributed by atoms with van der Waals surface area (Å²) in [5, 5.41) is 8.78. The molecule has 0 saturated heterocycles. The first-order valence-corrected chi connectivity index (χ1v) is 4.25.